The SMILES string of the molecule is CC(C)OCCOc1ccccc1[B-](F)(F)F.[K+]. The second-order valence-corrected chi connectivity index (χ2v) is 3.88. The van der Waals surface area contributed by atoms with Gasteiger partial charge in [-0.25, -0.2) is 0 Å². The summed E-state index contributed by atoms with van der Waals surface area (Å²) in [6, 6.07) is 5.21. The molecule has 1 aromatic rings. The van der Waals surface area contributed by atoms with Gasteiger partial charge >= 0.3 is 58.4 Å². The number of ether oxygens (including phenoxy) is 2. The monoisotopic (exact) mass is 286 g/mol. The average molecular weight is 286 g/mol. The van der Waals surface area contributed by atoms with Crippen molar-refractivity contribution in [3.63, 3.8) is 0 Å². The molecule has 0 spiro atoms. The summed E-state index contributed by atoms with van der Waals surface area (Å²) in [5, 5.41) is 0. The van der Waals surface area contributed by atoms with Crippen molar-refractivity contribution in [1.29, 1.82) is 0 Å². The Kier molecular flexibility index (Phi) is 8.83. The predicted molar refractivity (Wildman–Crippen MR) is 61.7 cm³/mol. The fraction of sp³-hybridized carbons (Fsp3) is 0.455. The third-order valence-electron chi connectivity index (χ3n) is 2.06. The molecule has 0 saturated heterocycles. The fourth-order valence-corrected chi connectivity index (χ4v) is 1.32. The van der Waals surface area contributed by atoms with Crippen LogP contribution in [0.2, 0.25) is 0 Å². The topological polar surface area (TPSA) is 18.5 Å². The van der Waals surface area contributed by atoms with Crippen molar-refractivity contribution in [2.24, 2.45) is 0 Å². The van der Waals surface area contributed by atoms with Gasteiger partial charge in [-0.3, -0.25) is 0 Å². The maximum Gasteiger partial charge on any atom is 1.00 e. The summed E-state index contributed by atoms with van der Waals surface area (Å²) in [4.78, 5) is 0. The van der Waals surface area contributed by atoms with Gasteiger partial charge in [0.25, 0.3) is 0 Å². The third-order valence-corrected chi connectivity index (χ3v) is 2.06. The zero-order valence-electron chi connectivity index (χ0n) is 10.8. The molecule has 0 aromatic heterocycles. The van der Waals surface area contributed by atoms with Crippen molar-refractivity contribution >= 4 is 12.4 Å². The van der Waals surface area contributed by atoms with Crippen LogP contribution in [0.4, 0.5) is 12.9 Å². The van der Waals surface area contributed by atoms with Crippen LogP contribution in [0.1, 0.15) is 13.8 Å². The van der Waals surface area contributed by atoms with Crippen LogP contribution < -0.4 is 61.6 Å². The molecule has 1 aromatic carbocycles. The number of benzene rings is 1. The van der Waals surface area contributed by atoms with E-state index >= 15 is 0 Å². The van der Waals surface area contributed by atoms with E-state index in [4.69, 9.17) is 9.47 Å². The Morgan fingerprint density at radius 2 is 1.72 bits per heavy atom. The van der Waals surface area contributed by atoms with Gasteiger partial charge < -0.3 is 22.4 Å². The molecule has 2 nitrogen and oxygen atoms in total. The average Bonchev–Trinajstić information content (AvgIpc) is 2.23. The van der Waals surface area contributed by atoms with Crippen LogP contribution in [0.5, 0.6) is 5.75 Å². The Bertz CT molecular complexity index is 358. The van der Waals surface area contributed by atoms with E-state index in [-0.39, 0.29) is 76.5 Å². The van der Waals surface area contributed by atoms with E-state index in [1.165, 1.54) is 18.2 Å². The Morgan fingerprint density at radius 1 is 1.11 bits per heavy atom. The summed E-state index contributed by atoms with van der Waals surface area (Å²) in [7, 11) is 0. The van der Waals surface area contributed by atoms with Crippen molar-refractivity contribution in [3.05, 3.63) is 24.3 Å². The van der Waals surface area contributed by atoms with Crippen LogP contribution >= 0.6 is 0 Å². The molecule has 1 rings (SSSR count). The molecular weight excluding hydrogens is 271 g/mol. The van der Waals surface area contributed by atoms with Crippen LogP contribution in [-0.4, -0.2) is 26.3 Å². The minimum atomic E-state index is -5.04. The van der Waals surface area contributed by atoms with Gasteiger partial charge in [-0.2, -0.15) is 0 Å². The zero-order valence-corrected chi connectivity index (χ0v) is 14.0. The molecule has 0 aliphatic rings. The summed E-state index contributed by atoms with van der Waals surface area (Å²) in [5.74, 6) is -0.132. The molecule has 0 heterocycles. The molecule has 96 valence electrons. The number of hydrogen-bond donors (Lipinski definition) is 0. The van der Waals surface area contributed by atoms with Gasteiger partial charge in [0, 0.05) is 0 Å². The number of halogens is 3. The van der Waals surface area contributed by atoms with Crippen molar-refractivity contribution in [1.82, 2.24) is 0 Å². The summed E-state index contributed by atoms with van der Waals surface area (Å²) in [6.07, 6.45) is 0.0423. The van der Waals surface area contributed by atoms with Crippen molar-refractivity contribution in [3.8, 4) is 5.75 Å². The van der Waals surface area contributed by atoms with Crippen LogP contribution in [0, 0.1) is 0 Å². The Hall–Kier alpha value is 0.471. The Balaban J connectivity index is 0.00000289. The van der Waals surface area contributed by atoms with E-state index in [0.29, 0.717) is 0 Å². The number of rotatable bonds is 6. The van der Waals surface area contributed by atoms with E-state index in [9.17, 15) is 12.9 Å². The molecule has 0 atom stereocenters. The first-order valence-electron chi connectivity index (χ1n) is 5.44. The number of para-hydroxylation sites is 1. The molecule has 0 aliphatic carbocycles. The van der Waals surface area contributed by atoms with Gasteiger partial charge in [-0.1, -0.05) is 23.7 Å². The van der Waals surface area contributed by atoms with E-state index in [0.717, 1.165) is 6.07 Å². The molecular formula is C11H15BF3KO2. The summed E-state index contributed by atoms with van der Waals surface area (Å²) >= 11 is 0. The molecule has 18 heavy (non-hydrogen) atoms. The summed E-state index contributed by atoms with van der Waals surface area (Å²) in [6.45, 7) is -0.943. The van der Waals surface area contributed by atoms with Gasteiger partial charge in [0.1, 0.15) is 6.61 Å². The van der Waals surface area contributed by atoms with E-state index in [1.807, 2.05) is 13.8 Å². The standard InChI is InChI=1S/C11H15BF3O2.K/c1-9(2)16-7-8-17-11-6-4-3-5-10(11)12(13,14)15;/h3-6,9H,7-8H2,1-2H3;/q-1;+1. The molecule has 7 heteroatoms. The van der Waals surface area contributed by atoms with Crippen LogP contribution in [0.25, 0.3) is 0 Å². The predicted octanol–water partition coefficient (Wildman–Crippen LogP) is -0.451. The van der Waals surface area contributed by atoms with Crippen LogP contribution in [0.15, 0.2) is 24.3 Å². The normalized spacial score (nSPS) is 11.2. The number of hydrogen-bond acceptors (Lipinski definition) is 2. The first-order valence-corrected chi connectivity index (χ1v) is 5.44. The molecule has 0 radical (unpaired) electrons. The molecule has 0 bridgehead atoms. The minimum absolute atomic E-state index is 0. The quantitative estimate of drug-likeness (QED) is 0.521. The van der Waals surface area contributed by atoms with Crippen molar-refractivity contribution < 1.29 is 73.8 Å². The summed E-state index contributed by atoms with van der Waals surface area (Å²) < 4.78 is 48.2. The van der Waals surface area contributed by atoms with Gasteiger partial charge in [0.15, 0.2) is 0 Å². The van der Waals surface area contributed by atoms with Gasteiger partial charge in [0.05, 0.1) is 18.5 Å². The second-order valence-electron chi connectivity index (χ2n) is 3.88. The molecule has 0 amide bonds. The van der Waals surface area contributed by atoms with Crippen LogP contribution in [0.3, 0.4) is 0 Å². The minimum Gasteiger partial charge on any atom is -0.494 e. The first kappa shape index (κ1) is 18.5. The second kappa shape index (κ2) is 8.60. The summed E-state index contributed by atoms with van der Waals surface area (Å²) in [5.41, 5.74) is -0.697. The molecule has 0 saturated carbocycles. The molecule has 0 aliphatic heterocycles. The van der Waals surface area contributed by atoms with E-state index in [1.54, 1.807) is 0 Å². The molecule has 0 unspecified atom stereocenters. The van der Waals surface area contributed by atoms with Crippen molar-refractivity contribution in [2.75, 3.05) is 13.2 Å². The third kappa shape index (κ3) is 6.58. The van der Waals surface area contributed by atoms with E-state index < -0.39 is 12.4 Å². The fourth-order valence-electron chi connectivity index (χ4n) is 1.32. The van der Waals surface area contributed by atoms with Gasteiger partial charge in [0.2, 0.25) is 0 Å². The Morgan fingerprint density at radius 3 is 2.28 bits per heavy atom. The molecule has 0 N–H and O–H groups in total. The Labute approximate surface area is 148 Å². The van der Waals surface area contributed by atoms with E-state index in [2.05, 4.69) is 0 Å². The zero-order chi connectivity index (χ0) is 12.9. The van der Waals surface area contributed by atoms with Crippen LogP contribution in [-0.2, 0) is 4.74 Å². The van der Waals surface area contributed by atoms with Gasteiger partial charge in [-0.05, 0) is 19.9 Å². The van der Waals surface area contributed by atoms with Gasteiger partial charge in [-0.15, -0.1) is 0 Å². The largest absolute Gasteiger partial charge is 1.00 e. The maximum atomic E-state index is 12.6. The molecule has 0 fully saturated rings. The smallest absolute Gasteiger partial charge is 0.494 e. The maximum absolute atomic E-state index is 12.6. The van der Waals surface area contributed by atoms with Crippen molar-refractivity contribution in [2.45, 2.75) is 20.0 Å². The first-order chi connectivity index (χ1) is 7.91.